The van der Waals surface area contributed by atoms with Crippen molar-refractivity contribution < 1.29 is 14.3 Å². The first kappa shape index (κ1) is 15.7. The second-order valence-corrected chi connectivity index (χ2v) is 6.29. The second-order valence-electron chi connectivity index (χ2n) is 6.29. The van der Waals surface area contributed by atoms with Crippen molar-refractivity contribution in [1.82, 2.24) is 10.2 Å². The summed E-state index contributed by atoms with van der Waals surface area (Å²) in [5.41, 5.74) is 0. The molecule has 0 aliphatic carbocycles. The van der Waals surface area contributed by atoms with E-state index in [1.54, 1.807) is 0 Å². The van der Waals surface area contributed by atoms with Crippen molar-refractivity contribution in [2.45, 2.75) is 51.9 Å². The average Bonchev–Trinajstić information content (AvgIpc) is 2.86. The van der Waals surface area contributed by atoms with E-state index < -0.39 is 0 Å². The van der Waals surface area contributed by atoms with Crippen LogP contribution in [0.4, 0.5) is 0 Å². The van der Waals surface area contributed by atoms with Gasteiger partial charge < -0.3 is 14.8 Å². The quantitative estimate of drug-likeness (QED) is 0.828. The summed E-state index contributed by atoms with van der Waals surface area (Å²) in [5, 5.41) is 3.03. The van der Waals surface area contributed by atoms with Gasteiger partial charge in [0.25, 0.3) is 0 Å². The highest BCUT2D eigenvalue weighted by Gasteiger charge is 2.41. The molecule has 2 saturated heterocycles. The summed E-state index contributed by atoms with van der Waals surface area (Å²) in [6.07, 6.45) is 2.75. The Bertz CT molecular complexity index is 317. The molecule has 0 aromatic rings. The van der Waals surface area contributed by atoms with Crippen LogP contribution in [-0.2, 0) is 14.3 Å². The van der Waals surface area contributed by atoms with E-state index in [1.807, 2.05) is 6.92 Å². The molecule has 20 heavy (non-hydrogen) atoms. The molecule has 1 amide bonds. The number of rotatable bonds is 5. The van der Waals surface area contributed by atoms with Crippen molar-refractivity contribution in [3.8, 4) is 0 Å². The van der Waals surface area contributed by atoms with Gasteiger partial charge in [-0.3, -0.25) is 9.69 Å². The fourth-order valence-corrected chi connectivity index (χ4v) is 2.84. The van der Waals surface area contributed by atoms with Gasteiger partial charge in [-0.05, 0) is 19.3 Å². The first-order valence-corrected chi connectivity index (χ1v) is 7.82. The lowest BCUT2D eigenvalue weighted by Crippen LogP contribution is -2.52. The Labute approximate surface area is 122 Å². The van der Waals surface area contributed by atoms with Crippen molar-refractivity contribution in [2.24, 2.45) is 5.92 Å². The van der Waals surface area contributed by atoms with E-state index in [2.05, 4.69) is 24.1 Å². The van der Waals surface area contributed by atoms with Crippen LogP contribution in [0.2, 0.25) is 0 Å². The molecule has 0 saturated carbocycles. The summed E-state index contributed by atoms with van der Waals surface area (Å²) in [7, 11) is 0. The molecule has 1 atom stereocenters. The summed E-state index contributed by atoms with van der Waals surface area (Å²) in [6, 6.07) is -0.0686. The van der Waals surface area contributed by atoms with E-state index in [1.165, 1.54) is 0 Å². The minimum absolute atomic E-state index is 0.0686. The Morgan fingerprint density at radius 1 is 1.20 bits per heavy atom. The Balaban J connectivity index is 1.73. The first-order chi connectivity index (χ1) is 9.52. The molecule has 2 aliphatic rings. The number of amides is 1. The van der Waals surface area contributed by atoms with Crippen molar-refractivity contribution in [3.05, 3.63) is 0 Å². The van der Waals surface area contributed by atoms with Crippen molar-refractivity contribution in [1.29, 1.82) is 0 Å². The fraction of sp³-hybridized carbons (Fsp3) is 0.933. The van der Waals surface area contributed by atoms with E-state index >= 15 is 0 Å². The van der Waals surface area contributed by atoms with Crippen molar-refractivity contribution in [3.63, 3.8) is 0 Å². The maximum Gasteiger partial charge on any atom is 0.237 e. The van der Waals surface area contributed by atoms with E-state index in [-0.39, 0.29) is 17.7 Å². The van der Waals surface area contributed by atoms with Crippen LogP contribution in [0.15, 0.2) is 0 Å². The predicted octanol–water partition coefficient (Wildman–Crippen LogP) is 1.38. The van der Waals surface area contributed by atoms with Gasteiger partial charge in [-0.25, -0.2) is 0 Å². The molecule has 2 heterocycles. The molecule has 1 unspecified atom stereocenters. The Morgan fingerprint density at radius 3 is 2.35 bits per heavy atom. The molecular weight excluding hydrogens is 256 g/mol. The van der Waals surface area contributed by atoms with Gasteiger partial charge in [0.15, 0.2) is 5.79 Å². The third-order valence-electron chi connectivity index (χ3n) is 4.32. The lowest BCUT2D eigenvalue weighted by Gasteiger charge is -2.39. The molecule has 2 rings (SSSR count). The summed E-state index contributed by atoms with van der Waals surface area (Å²) in [5.74, 6) is 0.400. The molecule has 2 aliphatic heterocycles. The zero-order valence-corrected chi connectivity index (χ0v) is 13.0. The number of carbonyl (C=O) groups is 1. The molecule has 116 valence electrons. The predicted molar refractivity (Wildman–Crippen MR) is 77.4 cm³/mol. The molecular formula is C15H28N2O3. The monoisotopic (exact) mass is 284 g/mol. The average molecular weight is 284 g/mol. The van der Waals surface area contributed by atoms with Gasteiger partial charge in [-0.1, -0.05) is 13.8 Å². The number of hydrogen-bond acceptors (Lipinski definition) is 4. The minimum atomic E-state index is -0.357. The molecule has 1 spiro atoms. The molecule has 5 heteroatoms. The second kappa shape index (κ2) is 6.87. The molecule has 2 fully saturated rings. The molecule has 0 radical (unpaired) electrons. The van der Waals surface area contributed by atoms with Gasteiger partial charge in [0.2, 0.25) is 5.91 Å². The number of nitrogens with zero attached hydrogens (tertiary/aromatic N) is 1. The standard InChI is InChI=1S/C15H28N2O3/c1-12(2)4-7-16-14(18)13(3)17-8-5-15(6-9-17)19-10-11-20-15/h12-13H,4-11H2,1-3H3,(H,16,18). The number of ether oxygens (including phenoxy) is 2. The SMILES string of the molecule is CC(C)CCNC(=O)C(C)N1CCC2(CC1)OCCO2. The van der Waals surface area contributed by atoms with Crippen molar-refractivity contribution >= 4 is 5.91 Å². The van der Waals surface area contributed by atoms with Gasteiger partial charge in [0.05, 0.1) is 19.3 Å². The fourth-order valence-electron chi connectivity index (χ4n) is 2.84. The Kier molecular flexibility index (Phi) is 5.41. The summed E-state index contributed by atoms with van der Waals surface area (Å²) in [4.78, 5) is 14.3. The van der Waals surface area contributed by atoms with Gasteiger partial charge in [-0.15, -0.1) is 0 Å². The van der Waals surface area contributed by atoms with Gasteiger partial charge in [-0.2, -0.15) is 0 Å². The van der Waals surface area contributed by atoms with E-state index in [4.69, 9.17) is 9.47 Å². The third-order valence-corrected chi connectivity index (χ3v) is 4.32. The molecule has 5 nitrogen and oxygen atoms in total. The van der Waals surface area contributed by atoms with Gasteiger partial charge in [0.1, 0.15) is 0 Å². The normalized spacial score (nSPS) is 24.2. The molecule has 0 aromatic carbocycles. The number of likely N-dealkylation sites (tertiary alicyclic amines) is 1. The molecule has 1 N–H and O–H groups in total. The van der Waals surface area contributed by atoms with Crippen LogP contribution in [0.25, 0.3) is 0 Å². The largest absolute Gasteiger partial charge is 0.355 e. The topological polar surface area (TPSA) is 50.8 Å². The highest BCUT2D eigenvalue weighted by Crippen LogP contribution is 2.31. The van der Waals surface area contributed by atoms with E-state index in [0.29, 0.717) is 19.1 Å². The van der Waals surface area contributed by atoms with Crippen LogP contribution in [0.1, 0.15) is 40.0 Å². The van der Waals surface area contributed by atoms with Crippen LogP contribution in [0.5, 0.6) is 0 Å². The van der Waals surface area contributed by atoms with Gasteiger partial charge >= 0.3 is 0 Å². The van der Waals surface area contributed by atoms with Gasteiger partial charge in [0, 0.05) is 32.5 Å². The highest BCUT2D eigenvalue weighted by molar-refractivity contribution is 5.81. The van der Waals surface area contributed by atoms with Crippen LogP contribution < -0.4 is 5.32 Å². The summed E-state index contributed by atoms with van der Waals surface area (Å²) < 4.78 is 11.4. The third kappa shape index (κ3) is 3.93. The van der Waals surface area contributed by atoms with Crippen molar-refractivity contribution in [2.75, 3.05) is 32.8 Å². The minimum Gasteiger partial charge on any atom is -0.355 e. The molecule has 0 aromatic heterocycles. The van der Waals surface area contributed by atoms with Crippen LogP contribution in [0.3, 0.4) is 0 Å². The lowest BCUT2D eigenvalue weighted by molar-refractivity contribution is -0.188. The lowest BCUT2D eigenvalue weighted by atomic mass is 10.0. The molecule has 0 bridgehead atoms. The van der Waals surface area contributed by atoms with Crippen LogP contribution >= 0.6 is 0 Å². The smallest absolute Gasteiger partial charge is 0.237 e. The van der Waals surface area contributed by atoms with E-state index in [9.17, 15) is 4.79 Å². The number of piperidine rings is 1. The Hall–Kier alpha value is -0.650. The zero-order chi connectivity index (χ0) is 14.6. The maximum atomic E-state index is 12.1. The number of hydrogen-bond donors (Lipinski definition) is 1. The summed E-state index contributed by atoms with van der Waals surface area (Å²) >= 11 is 0. The van der Waals surface area contributed by atoms with Crippen LogP contribution in [-0.4, -0.2) is 55.5 Å². The number of carbonyl (C=O) groups excluding carboxylic acids is 1. The van der Waals surface area contributed by atoms with E-state index in [0.717, 1.165) is 38.9 Å². The Morgan fingerprint density at radius 2 is 1.80 bits per heavy atom. The zero-order valence-electron chi connectivity index (χ0n) is 13.0. The summed E-state index contributed by atoms with van der Waals surface area (Å²) in [6.45, 7) is 10.2. The number of nitrogens with one attached hydrogen (secondary N) is 1. The highest BCUT2D eigenvalue weighted by atomic mass is 16.7. The van der Waals surface area contributed by atoms with Crippen LogP contribution in [0, 0.1) is 5.92 Å². The first-order valence-electron chi connectivity index (χ1n) is 7.82. The maximum absolute atomic E-state index is 12.1.